The number of carbonyl (C=O) groups excluding carboxylic acids is 1. The van der Waals surface area contributed by atoms with Crippen LogP contribution in [-0.2, 0) is 14.3 Å². The van der Waals surface area contributed by atoms with Gasteiger partial charge in [-0.1, -0.05) is 110 Å². The van der Waals surface area contributed by atoms with Crippen molar-refractivity contribution in [2.24, 2.45) is 5.92 Å². The summed E-state index contributed by atoms with van der Waals surface area (Å²) in [5, 5.41) is 9.08. The van der Waals surface area contributed by atoms with Gasteiger partial charge in [0.15, 0.2) is 0 Å². The van der Waals surface area contributed by atoms with Gasteiger partial charge >= 0.3 is 11.9 Å². The molecule has 0 aliphatic carbocycles. The number of hydrogen-bond acceptors (Lipinski definition) is 3. The summed E-state index contributed by atoms with van der Waals surface area (Å²) < 4.78 is 5.37. The monoisotopic (exact) mass is 398 g/mol. The van der Waals surface area contributed by atoms with Crippen LogP contribution in [0, 0.1) is 5.92 Å². The van der Waals surface area contributed by atoms with E-state index in [1.54, 1.807) is 0 Å². The summed E-state index contributed by atoms with van der Waals surface area (Å²) >= 11 is 0. The third-order valence-electron chi connectivity index (χ3n) is 5.40. The topological polar surface area (TPSA) is 63.6 Å². The first-order chi connectivity index (χ1) is 13.6. The number of aliphatic carboxylic acids is 1. The van der Waals surface area contributed by atoms with Crippen LogP contribution >= 0.6 is 0 Å². The van der Waals surface area contributed by atoms with Gasteiger partial charge in [-0.15, -0.1) is 0 Å². The van der Waals surface area contributed by atoms with Gasteiger partial charge in [-0.25, -0.2) is 0 Å². The Labute approximate surface area is 173 Å². The van der Waals surface area contributed by atoms with Crippen molar-refractivity contribution in [1.29, 1.82) is 0 Å². The highest BCUT2D eigenvalue weighted by Crippen LogP contribution is 2.18. The van der Waals surface area contributed by atoms with E-state index in [4.69, 9.17) is 9.84 Å². The number of carboxylic acids is 1. The quantitative estimate of drug-likeness (QED) is 0.163. The lowest BCUT2D eigenvalue weighted by Crippen LogP contribution is -2.21. The zero-order valence-corrected chi connectivity index (χ0v) is 18.7. The molecule has 0 fully saturated rings. The summed E-state index contributed by atoms with van der Waals surface area (Å²) in [6, 6.07) is 0. The van der Waals surface area contributed by atoms with E-state index in [-0.39, 0.29) is 12.4 Å². The third-order valence-corrected chi connectivity index (χ3v) is 5.40. The molecular weight excluding hydrogens is 352 g/mol. The Kier molecular flexibility index (Phi) is 19.9. The molecule has 28 heavy (non-hydrogen) atoms. The molecule has 0 aromatic heterocycles. The van der Waals surface area contributed by atoms with Crippen LogP contribution in [0.5, 0.6) is 0 Å². The molecule has 1 atom stereocenters. The maximum absolute atomic E-state index is 12.2. The number of esters is 1. The van der Waals surface area contributed by atoms with Crippen molar-refractivity contribution < 1.29 is 19.4 Å². The molecule has 0 aliphatic heterocycles. The average molecular weight is 399 g/mol. The van der Waals surface area contributed by atoms with Crippen LogP contribution in [0.2, 0.25) is 0 Å². The highest BCUT2D eigenvalue weighted by atomic mass is 16.5. The molecule has 0 heterocycles. The molecule has 1 N–H and O–H groups in total. The van der Waals surface area contributed by atoms with Crippen LogP contribution in [0.1, 0.15) is 129 Å². The maximum atomic E-state index is 12.2. The number of carboxylic acid groups (broad SMARTS) is 1. The van der Waals surface area contributed by atoms with E-state index in [9.17, 15) is 9.59 Å². The normalized spacial score (nSPS) is 12.1. The Morgan fingerprint density at radius 1 is 0.679 bits per heavy atom. The molecule has 4 nitrogen and oxygen atoms in total. The molecule has 0 spiro atoms. The number of hydrogen-bond donors (Lipinski definition) is 1. The van der Waals surface area contributed by atoms with Crippen LogP contribution in [0.3, 0.4) is 0 Å². The van der Waals surface area contributed by atoms with Gasteiger partial charge in [-0.2, -0.15) is 0 Å². The molecule has 0 amide bonds. The second-order valence-corrected chi connectivity index (χ2v) is 8.20. The minimum Gasteiger partial charge on any atom is -0.481 e. The molecule has 166 valence electrons. The van der Waals surface area contributed by atoms with Gasteiger partial charge < -0.3 is 9.84 Å². The molecule has 0 aromatic rings. The molecule has 4 heteroatoms. The summed E-state index contributed by atoms with van der Waals surface area (Å²) in [4.78, 5) is 23.3. The van der Waals surface area contributed by atoms with Gasteiger partial charge in [0.25, 0.3) is 0 Å². The molecule has 0 aliphatic rings. The molecular formula is C24H46O4. The molecule has 0 aromatic carbocycles. The highest BCUT2D eigenvalue weighted by Gasteiger charge is 2.22. The molecule has 0 bridgehead atoms. The van der Waals surface area contributed by atoms with Crippen molar-refractivity contribution in [3.63, 3.8) is 0 Å². The second-order valence-electron chi connectivity index (χ2n) is 8.20. The Hall–Kier alpha value is -1.06. The van der Waals surface area contributed by atoms with E-state index < -0.39 is 11.9 Å². The zero-order valence-electron chi connectivity index (χ0n) is 18.7. The van der Waals surface area contributed by atoms with Gasteiger partial charge in [0, 0.05) is 0 Å². The molecule has 0 saturated carbocycles. The Balaban J connectivity index is 3.80. The predicted octanol–water partition coefficient (Wildman–Crippen LogP) is 7.29. The van der Waals surface area contributed by atoms with E-state index in [1.807, 2.05) is 0 Å². The summed E-state index contributed by atoms with van der Waals surface area (Å²) in [5.41, 5.74) is 0. The first kappa shape index (κ1) is 26.9. The Bertz CT molecular complexity index is 368. The first-order valence-corrected chi connectivity index (χ1v) is 12.0. The minimum absolute atomic E-state index is 0.104. The lowest BCUT2D eigenvalue weighted by Gasteiger charge is -2.14. The minimum atomic E-state index is -0.909. The Morgan fingerprint density at radius 3 is 1.57 bits per heavy atom. The number of ether oxygens (including phenoxy) is 1. The smallest absolute Gasteiger partial charge is 0.309 e. The standard InChI is InChI=1S/C24H46O4/c1-3-5-7-9-11-13-15-17-19-22(21-23(25)26)24(27)28-20-18-16-14-12-10-8-6-4-2/h22H,3-21H2,1-2H3,(H,25,26). The van der Waals surface area contributed by atoms with Crippen molar-refractivity contribution in [3.05, 3.63) is 0 Å². The van der Waals surface area contributed by atoms with Crippen molar-refractivity contribution in [1.82, 2.24) is 0 Å². The van der Waals surface area contributed by atoms with Crippen molar-refractivity contribution in [2.45, 2.75) is 129 Å². The predicted molar refractivity (Wildman–Crippen MR) is 117 cm³/mol. The molecule has 0 rings (SSSR count). The largest absolute Gasteiger partial charge is 0.481 e. The summed E-state index contributed by atoms with van der Waals surface area (Å²) in [6.07, 6.45) is 19.7. The highest BCUT2D eigenvalue weighted by molar-refractivity contribution is 5.79. The summed E-state index contributed by atoms with van der Waals surface area (Å²) in [6.45, 7) is 4.87. The fourth-order valence-corrected chi connectivity index (χ4v) is 3.57. The Morgan fingerprint density at radius 2 is 1.11 bits per heavy atom. The van der Waals surface area contributed by atoms with Gasteiger partial charge in [-0.3, -0.25) is 9.59 Å². The van der Waals surface area contributed by atoms with E-state index >= 15 is 0 Å². The van der Waals surface area contributed by atoms with Crippen LogP contribution in [0.25, 0.3) is 0 Å². The summed E-state index contributed by atoms with van der Waals surface area (Å²) in [7, 11) is 0. The van der Waals surface area contributed by atoms with E-state index in [2.05, 4.69) is 13.8 Å². The first-order valence-electron chi connectivity index (χ1n) is 12.0. The lowest BCUT2D eigenvalue weighted by molar-refractivity contribution is -0.153. The van der Waals surface area contributed by atoms with Crippen LogP contribution in [-0.4, -0.2) is 23.7 Å². The van der Waals surface area contributed by atoms with Crippen molar-refractivity contribution in [3.8, 4) is 0 Å². The van der Waals surface area contributed by atoms with Gasteiger partial charge in [0.2, 0.25) is 0 Å². The zero-order chi connectivity index (χ0) is 20.9. The maximum Gasteiger partial charge on any atom is 0.309 e. The van der Waals surface area contributed by atoms with Crippen molar-refractivity contribution >= 4 is 11.9 Å². The summed E-state index contributed by atoms with van der Waals surface area (Å²) in [5.74, 6) is -1.70. The number of carbonyl (C=O) groups is 2. The fourth-order valence-electron chi connectivity index (χ4n) is 3.57. The molecule has 0 saturated heterocycles. The van der Waals surface area contributed by atoms with E-state index in [0.29, 0.717) is 13.0 Å². The van der Waals surface area contributed by atoms with Gasteiger partial charge in [0.05, 0.1) is 18.9 Å². The van der Waals surface area contributed by atoms with Crippen LogP contribution in [0.15, 0.2) is 0 Å². The molecule has 0 radical (unpaired) electrons. The van der Waals surface area contributed by atoms with Crippen LogP contribution < -0.4 is 0 Å². The fraction of sp³-hybridized carbons (Fsp3) is 0.917. The van der Waals surface area contributed by atoms with E-state index in [1.165, 1.54) is 77.0 Å². The van der Waals surface area contributed by atoms with Gasteiger partial charge in [-0.05, 0) is 12.8 Å². The van der Waals surface area contributed by atoms with Crippen molar-refractivity contribution in [2.75, 3.05) is 6.61 Å². The second kappa shape index (κ2) is 20.7. The lowest BCUT2D eigenvalue weighted by atomic mass is 9.97. The number of unbranched alkanes of at least 4 members (excludes halogenated alkanes) is 14. The SMILES string of the molecule is CCCCCCCCCCOC(=O)C(CCCCCCCCCC)CC(=O)O. The molecule has 1 unspecified atom stereocenters. The number of rotatable bonds is 21. The van der Waals surface area contributed by atoms with Crippen LogP contribution in [0.4, 0.5) is 0 Å². The third kappa shape index (κ3) is 18.3. The van der Waals surface area contributed by atoms with Gasteiger partial charge in [0.1, 0.15) is 0 Å². The van der Waals surface area contributed by atoms with E-state index in [0.717, 1.165) is 25.7 Å². The average Bonchev–Trinajstić information content (AvgIpc) is 2.67.